The summed E-state index contributed by atoms with van der Waals surface area (Å²) in [5.41, 5.74) is 3.19. The topological polar surface area (TPSA) is 65.5 Å². The molecule has 0 spiro atoms. The van der Waals surface area contributed by atoms with Gasteiger partial charge in [0.15, 0.2) is 0 Å². The van der Waals surface area contributed by atoms with Gasteiger partial charge in [0.25, 0.3) is 5.91 Å². The number of rotatable bonds is 8. The lowest BCUT2D eigenvalue weighted by Gasteiger charge is -2.31. The van der Waals surface area contributed by atoms with Crippen molar-refractivity contribution >= 4 is 28.9 Å². The normalized spacial score (nSPS) is 20.9. The summed E-state index contributed by atoms with van der Waals surface area (Å²) < 4.78 is 5.44. The van der Waals surface area contributed by atoms with Crippen LogP contribution in [0, 0.1) is 12.8 Å². The number of thiophene rings is 1. The van der Waals surface area contributed by atoms with Crippen LogP contribution >= 0.6 is 11.3 Å². The van der Waals surface area contributed by atoms with Crippen LogP contribution in [0.25, 0.3) is 0 Å². The zero-order chi connectivity index (χ0) is 23.5. The fourth-order valence-corrected chi connectivity index (χ4v) is 5.28. The smallest absolute Gasteiger partial charge is 0.262 e. The molecule has 3 heterocycles. The van der Waals surface area contributed by atoms with Crippen LogP contribution in [0.4, 0.5) is 0 Å². The van der Waals surface area contributed by atoms with Gasteiger partial charge in [0.05, 0.1) is 29.8 Å². The van der Waals surface area contributed by atoms with Crippen molar-refractivity contribution in [1.29, 1.82) is 0 Å². The van der Waals surface area contributed by atoms with Crippen molar-refractivity contribution in [2.75, 3.05) is 45.9 Å². The summed E-state index contributed by atoms with van der Waals surface area (Å²) in [5.74, 6) is 0.0670. The summed E-state index contributed by atoms with van der Waals surface area (Å²) in [6.07, 6.45) is 2.54. The van der Waals surface area contributed by atoms with Gasteiger partial charge in [0, 0.05) is 38.5 Å². The Bertz CT molecular complexity index is 1030. The van der Waals surface area contributed by atoms with Crippen LogP contribution in [0.15, 0.2) is 46.9 Å². The van der Waals surface area contributed by atoms with Gasteiger partial charge in [-0.3, -0.25) is 14.5 Å². The van der Waals surface area contributed by atoms with Crippen molar-refractivity contribution < 1.29 is 14.3 Å². The molecule has 0 bridgehead atoms. The van der Waals surface area contributed by atoms with Gasteiger partial charge < -0.3 is 9.64 Å². The molecule has 0 radical (unpaired) electrons. The number of nitrogens with zero attached hydrogens (tertiary/aromatic N) is 4. The van der Waals surface area contributed by atoms with Crippen LogP contribution in [0.1, 0.15) is 41.3 Å². The summed E-state index contributed by atoms with van der Waals surface area (Å²) in [6.45, 7) is 6.65. The van der Waals surface area contributed by atoms with Crippen molar-refractivity contribution in [2.24, 2.45) is 11.0 Å². The lowest BCUT2D eigenvalue weighted by atomic mass is 10.00. The van der Waals surface area contributed by atoms with Gasteiger partial charge in [-0.2, -0.15) is 5.10 Å². The van der Waals surface area contributed by atoms with Gasteiger partial charge in [-0.05, 0) is 36.8 Å². The van der Waals surface area contributed by atoms with Crippen LogP contribution < -0.4 is 0 Å². The predicted molar refractivity (Wildman–Crippen MR) is 133 cm³/mol. The van der Waals surface area contributed by atoms with Gasteiger partial charge in [-0.1, -0.05) is 35.9 Å². The molecule has 34 heavy (non-hydrogen) atoms. The standard InChI is InChI=1S/C26H32N4O3S/c1-19-4-6-20(7-5-19)23-17-22(24-3-2-16-34-24)27-30(23)25(31)18-29(26(32)21-8-9-21)11-10-28-12-14-33-15-13-28/h2-7,16,21,23H,8-15,17-18H2,1H3/t23-/m0/s1. The fourth-order valence-electron chi connectivity index (χ4n) is 4.56. The van der Waals surface area contributed by atoms with E-state index in [4.69, 9.17) is 9.84 Å². The van der Waals surface area contributed by atoms with Crippen molar-refractivity contribution in [3.8, 4) is 0 Å². The highest BCUT2D eigenvalue weighted by Gasteiger charge is 2.38. The summed E-state index contributed by atoms with van der Waals surface area (Å²) in [4.78, 5) is 31.8. The van der Waals surface area contributed by atoms with E-state index in [-0.39, 0.29) is 30.3 Å². The first kappa shape index (κ1) is 23.2. The highest BCUT2D eigenvalue weighted by molar-refractivity contribution is 7.12. The average Bonchev–Trinajstić information content (AvgIpc) is 3.37. The van der Waals surface area contributed by atoms with E-state index in [1.54, 1.807) is 21.2 Å². The molecule has 1 saturated heterocycles. The molecule has 8 heteroatoms. The van der Waals surface area contributed by atoms with Gasteiger partial charge in [0.2, 0.25) is 5.91 Å². The van der Waals surface area contributed by atoms with E-state index in [2.05, 4.69) is 42.2 Å². The first-order chi connectivity index (χ1) is 16.6. The Morgan fingerprint density at radius 3 is 2.59 bits per heavy atom. The van der Waals surface area contributed by atoms with Crippen molar-refractivity contribution in [3.63, 3.8) is 0 Å². The minimum atomic E-state index is -0.151. The number of hydrazone groups is 1. The van der Waals surface area contributed by atoms with Gasteiger partial charge in [-0.25, -0.2) is 5.01 Å². The summed E-state index contributed by atoms with van der Waals surface area (Å²) in [7, 11) is 0. The maximum atomic E-state index is 13.6. The molecule has 2 fully saturated rings. The van der Waals surface area contributed by atoms with E-state index in [9.17, 15) is 9.59 Å². The molecule has 1 aromatic heterocycles. The minimum Gasteiger partial charge on any atom is -0.379 e. The third-order valence-electron chi connectivity index (χ3n) is 6.79. The second-order valence-electron chi connectivity index (χ2n) is 9.38. The Balaban J connectivity index is 1.33. The number of aryl methyl sites for hydroxylation is 1. The molecule has 2 aliphatic heterocycles. The molecule has 0 N–H and O–H groups in total. The van der Waals surface area contributed by atoms with E-state index in [1.165, 1.54) is 5.56 Å². The van der Waals surface area contributed by atoms with E-state index in [0.717, 1.165) is 61.8 Å². The maximum absolute atomic E-state index is 13.6. The molecule has 1 atom stereocenters. The third-order valence-corrected chi connectivity index (χ3v) is 7.71. The first-order valence-corrected chi connectivity index (χ1v) is 13.1. The predicted octanol–water partition coefficient (Wildman–Crippen LogP) is 3.31. The molecular formula is C26H32N4O3S. The molecule has 1 aliphatic carbocycles. The molecule has 180 valence electrons. The van der Waals surface area contributed by atoms with Crippen molar-refractivity contribution in [1.82, 2.24) is 14.8 Å². The molecule has 7 nitrogen and oxygen atoms in total. The van der Waals surface area contributed by atoms with E-state index in [0.29, 0.717) is 13.0 Å². The fraction of sp³-hybridized carbons (Fsp3) is 0.500. The number of morpholine rings is 1. The zero-order valence-corrected chi connectivity index (χ0v) is 20.5. The Hall–Kier alpha value is -2.55. The quantitative estimate of drug-likeness (QED) is 0.582. The molecule has 2 amide bonds. The average molecular weight is 481 g/mol. The van der Waals surface area contributed by atoms with E-state index < -0.39 is 0 Å². The largest absolute Gasteiger partial charge is 0.379 e. The lowest BCUT2D eigenvalue weighted by Crippen LogP contribution is -2.47. The summed E-state index contributed by atoms with van der Waals surface area (Å²) in [5, 5.41) is 8.44. The SMILES string of the molecule is Cc1ccc([C@@H]2CC(c3cccs3)=NN2C(=O)CN(CCN2CCOCC2)C(=O)C2CC2)cc1. The summed E-state index contributed by atoms with van der Waals surface area (Å²) in [6, 6.07) is 12.2. The summed E-state index contributed by atoms with van der Waals surface area (Å²) >= 11 is 1.64. The number of benzene rings is 1. The van der Waals surface area contributed by atoms with Crippen LogP contribution in [-0.2, 0) is 14.3 Å². The number of hydrogen-bond donors (Lipinski definition) is 0. The van der Waals surface area contributed by atoms with Crippen molar-refractivity contribution in [2.45, 2.75) is 32.2 Å². The van der Waals surface area contributed by atoms with Crippen LogP contribution in [0.2, 0.25) is 0 Å². The van der Waals surface area contributed by atoms with Gasteiger partial charge in [0.1, 0.15) is 6.54 Å². The van der Waals surface area contributed by atoms with E-state index in [1.807, 2.05) is 11.4 Å². The molecule has 5 rings (SSSR count). The Morgan fingerprint density at radius 1 is 1.15 bits per heavy atom. The Kier molecular flexibility index (Phi) is 7.08. The molecule has 1 aromatic carbocycles. The lowest BCUT2D eigenvalue weighted by molar-refractivity contribution is -0.142. The van der Waals surface area contributed by atoms with Crippen LogP contribution in [0.5, 0.6) is 0 Å². The highest BCUT2D eigenvalue weighted by atomic mass is 32.1. The third kappa shape index (κ3) is 5.40. The number of amides is 2. The maximum Gasteiger partial charge on any atom is 0.262 e. The molecule has 1 saturated carbocycles. The number of carbonyl (C=O) groups is 2. The minimum absolute atomic E-state index is 0.0727. The Labute approximate surface area is 205 Å². The molecular weight excluding hydrogens is 448 g/mol. The monoisotopic (exact) mass is 480 g/mol. The molecule has 3 aliphatic rings. The second kappa shape index (κ2) is 10.4. The van der Waals surface area contributed by atoms with Crippen LogP contribution in [-0.4, -0.2) is 78.3 Å². The van der Waals surface area contributed by atoms with Gasteiger partial charge in [-0.15, -0.1) is 11.3 Å². The number of ether oxygens (including phenoxy) is 1. The zero-order valence-electron chi connectivity index (χ0n) is 19.7. The molecule has 0 unspecified atom stereocenters. The molecule has 2 aromatic rings. The van der Waals surface area contributed by atoms with Crippen LogP contribution in [0.3, 0.4) is 0 Å². The van der Waals surface area contributed by atoms with Crippen molar-refractivity contribution in [3.05, 3.63) is 57.8 Å². The Morgan fingerprint density at radius 2 is 1.91 bits per heavy atom. The number of carbonyl (C=O) groups excluding carboxylic acids is 2. The van der Waals surface area contributed by atoms with E-state index >= 15 is 0 Å². The van der Waals surface area contributed by atoms with Gasteiger partial charge >= 0.3 is 0 Å². The highest BCUT2D eigenvalue weighted by Crippen LogP contribution is 2.35. The number of hydrogen-bond acceptors (Lipinski definition) is 6. The first-order valence-electron chi connectivity index (χ1n) is 12.2. The second-order valence-corrected chi connectivity index (χ2v) is 10.3.